The van der Waals surface area contributed by atoms with Gasteiger partial charge in [0.05, 0.1) is 23.1 Å². The van der Waals surface area contributed by atoms with E-state index in [2.05, 4.69) is 25.8 Å². The summed E-state index contributed by atoms with van der Waals surface area (Å²) in [5.74, 6) is 0.0384. The van der Waals surface area contributed by atoms with Crippen molar-refractivity contribution < 1.29 is 9.90 Å². The zero-order valence-electron chi connectivity index (χ0n) is 15.9. The zero-order chi connectivity index (χ0) is 19.4. The Balaban J connectivity index is 1.67. The molecule has 6 heteroatoms. The van der Waals surface area contributed by atoms with Crippen LogP contribution in [0, 0.1) is 6.92 Å². The maximum absolute atomic E-state index is 12.9. The second-order valence-corrected chi connectivity index (χ2v) is 7.91. The molecule has 144 valence electrons. The molecule has 2 aromatic rings. The molecule has 0 bridgehead atoms. The Kier molecular flexibility index (Phi) is 6.63. The van der Waals surface area contributed by atoms with Crippen LogP contribution in [0.4, 0.5) is 0 Å². The molecule has 27 heavy (non-hydrogen) atoms. The SMILES string of the molecule is CCC(O)CN1CCN(C(=O)c2ccc(-c3cccc(Br)c3)nc2C)CC1. The molecule has 2 heterocycles. The highest BCUT2D eigenvalue weighted by Gasteiger charge is 2.24. The highest BCUT2D eigenvalue weighted by molar-refractivity contribution is 9.10. The number of aliphatic hydroxyl groups is 1. The fraction of sp³-hybridized carbons (Fsp3) is 0.429. The number of β-amino-alcohol motifs (C(OH)–C–C–N with tert-alkyl or cyclic N) is 1. The molecule has 1 fully saturated rings. The van der Waals surface area contributed by atoms with E-state index in [1.807, 2.05) is 55.1 Å². The van der Waals surface area contributed by atoms with Gasteiger partial charge in [-0.1, -0.05) is 35.0 Å². The quantitative estimate of drug-likeness (QED) is 0.788. The van der Waals surface area contributed by atoms with Gasteiger partial charge >= 0.3 is 0 Å². The molecule has 0 radical (unpaired) electrons. The Morgan fingerprint density at radius 3 is 2.59 bits per heavy atom. The van der Waals surface area contributed by atoms with Gasteiger partial charge in [-0.05, 0) is 37.6 Å². The van der Waals surface area contributed by atoms with Gasteiger partial charge in [0.2, 0.25) is 0 Å². The van der Waals surface area contributed by atoms with E-state index >= 15 is 0 Å². The number of aryl methyl sites for hydroxylation is 1. The number of halogens is 1. The molecule has 1 aromatic heterocycles. The van der Waals surface area contributed by atoms with E-state index in [1.54, 1.807) is 0 Å². The first-order valence-electron chi connectivity index (χ1n) is 9.41. The van der Waals surface area contributed by atoms with Crippen molar-refractivity contribution in [3.63, 3.8) is 0 Å². The fourth-order valence-corrected chi connectivity index (χ4v) is 3.73. The molecule has 0 aliphatic carbocycles. The Morgan fingerprint density at radius 1 is 1.22 bits per heavy atom. The van der Waals surface area contributed by atoms with Crippen LogP contribution in [0.15, 0.2) is 40.9 Å². The van der Waals surface area contributed by atoms with Crippen LogP contribution in [0.3, 0.4) is 0 Å². The van der Waals surface area contributed by atoms with Crippen molar-refractivity contribution in [2.24, 2.45) is 0 Å². The average molecular weight is 432 g/mol. The van der Waals surface area contributed by atoms with Crippen molar-refractivity contribution in [1.82, 2.24) is 14.8 Å². The molecule has 5 nitrogen and oxygen atoms in total. The summed E-state index contributed by atoms with van der Waals surface area (Å²) in [6, 6.07) is 11.8. The fourth-order valence-electron chi connectivity index (χ4n) is 3.33. The first kappa shape index (κ1) is 20.0. The summed E-state index contributed by atoms with van der Waals surface area (Å²) in [5, 5.41) is 9.80. The van der Waals surface area contributed by atoms with Gasteiger partial charge in [-0.15, -0.1) is 0 Å². The minimum Gasteiger partial charge on any atom is -0.392 e. The summed E-state index contributed by atoms with van der Waals surface area (Å²) in [7, 11) is 0. The number of hydrogen-bond acceptors (Lipinski definition) is 4. The summed E-state index contributed by atoms with van der Waals surface area (Å²) >= 11 is 3.48. The van der Waals surface area contributed by atoms with E-state index in [-0.39, 0.29) is 12.0 Å². The minimum absolute atomic E-state index is 0.0384. The van der Waals surface area contributed by atoms with Gasteiger partial charge in [-0.25, -0.2) is 0 Å². The third-order valence-electron chi connectivity index (χ3n) is 5.04. The third-order valence-corrected chi connectivity index (χ3v) is 5.53. The molecule has 1 aliphatic heterocycles. The summed E-state index contributed by atoms with van der Waals surface area (Å²) in [5.41, 5.74) is 3.30. The topological polar surface area (TPSA) is 56.7 Å². The highest BCUT2D eigenvalue weighted by atomic mass is 79.9. The lowest BCUT2D eigenvalue weighted by atomic mass is 10.1. The van der Waals surface area contributed by atoms with Crippen molar-refractivity contribution in [1.29, 1.82) is 0 Å². The number of rotatable bonds is 5. The van der Waals surface area contributed by atoms with Crippen molar-refractivity contribution in [2.75, 3.05) is 32.7 Å². The van der Waals surface area contributed by atoms with Crippen LogP contribution in [0.25, 0.3) is 11.3 Å². The number of carbonyl (C=O) groups excluding carboxylic acids is 1. The van der Waals surface area contributed by atoms with E-state index in [9.17, 15) is 9.90 Å². The van der Waals surface area contributed by atoms with Crippen LogP contribution in [-0.2, 0) is 0 Å². The van der Waals surface area contributed by atoms with Crippen LogP contribution < -0.4 is 0 Å². The first-order chi connectivity index (χ1) is 13.0. The highest BCUT2D eigenvalue weighted by Crippen LogP contribution is 2.23. The molecular formula is C21H26BrN3O2. The van der Waals surface area contributed by atoms with E-state index in [0.717, 1.165) is 40.9 Å². The second kappa shape index (κ2) is 8.95. The average Bonchev–Trinajstić information content (AvgIpc) is 2.68. The van der Waals surface area contributed by atoms with Gasteiger partial charge in [0.1, 0.15) is 0 Å². The molecule has 1 unspecified atom stereocenters. The summed E-state index contributed by atoms with van der Waals surface area (Å²) in [4.78, 5) is 21.7. The molecule has 0 spiro atoms. The van der Waals surface area contributed by atoms with Crippen molar-refractivity contribution >= 4 is 21.8 Å². The minimum atomic E-state index is -0.288. The Hall–Kier alpha value is -1.76. The molecule has 3 rings (SSSR count). The maximum Gasteiger partial charge on any atom is 0.255 e. The van der Waals surface area contributed by atoms with E-state index in [0.29, 0.717) is 25.2 Å². The number of aromatic nitrogens is 1. The standard InChI is InChI=1S/C21H26BrN3O2/c1-3-18(26)14-24-9-11-25(12-10-24)21(27)19-7-8-20(23-15(19)2)16-5-4-6-17(22)13-16/h4-8,13,18,26H,3,9-12,14H2,1-2H3. The van der Waals surface area contributed by atoms with E-state index in [1.165, 1.54) is 0 Å². The van der Waals surface area contributed by atoms with Crippen molar-refractivity contribution in [3.05, 3.63) is 52.1 Å². The van der Waals surface area contributed by atoms with Gasteiger partial charge in [0.15, 0.2) is 0 Å². The molecule has 1 saturated heterocycles. The lowest BCUT2D eigenvalue weighted by Crippen LogP contribution is -2.50. The Labute approximate surface area is 169 Å². The first-order valence-corrected chi connectivity index (χ1v) is 10.2. The number of benzene rings is 1. The van der Waals surface area contributed by atoms with Crippen LogP contribution >= 0.6 is 15.9 Å². The maximum atomic E-state index is 12.9. The normalized spacial score (nSPS) is 16.4. The van der Waals surface area contributed by atoms with Crippen LogP contribution in [0.2, 0.25) is 0 Å². The molecule has 1 amide bonds. The number of hydrogen-bond donors (Lipinski definition) is 1. The Bertz CT molecular complexity index is 804. The van der Waals surface area contributed by atoms with Crippen molar-refractivity contribution in [2.45, 2.75) is 26.4 Å². The van der Waals surface area contributed by atoms with Gasteiger partial charge in [-0.3, -0.25) is 14.7 Å². The molecule has 1 N–H and O–H groups in total. The molecule has 1 atom stereocenters. The van der Waals surface area contributed by atoms with Crippen LogP contribution in [-0.4, -0.2) is 64.6 Å². The van der Waals surface area contributed by atoms with E-state index in [4.69, 9.17) is 0 Å². The molecule has 0 saturated carbocycles. The summed E-state index contributed by atoms with van der Waals surface area (Å²) < 4.78 is 1.01. The van der Waals surface area contributed by atoms with E-state index < -0.39 is 0 Å². The number of aliphatic hydroxyl groups excluding tert-OH is 1. The summed E-state index contributed by atoms with van der Waals surface area (Å²) in [6.45, 7) is 7.52. The number of pyridine rings is 1. The van der Waals surface area contributed by atoms with Crippen LogP contribution in [0.1, 0.15) is 29.4 Å². The smallest absolute Gasteiger partial charge is 0.255 e. The van der Waals surface area contributed by atoms with Gasteiger partial charge in [-0.2, -0.15) is 0 Å². The van der Waals surface area contributed by atoms with Crippen molar-refractivity contribution in [3.8, 4) is 11.3 Å². The van der Waals surface area contributed by atoms with Gasteiger partial charge < -0.3 is 10.0 Å². The summed E-state index contributed by atoms with van der Waals surface area (Å²) in [6.07, 6.45) is 0.471. The van der Waals surface area contributed by atoms with Gasteiger partial charge in [0.25, 0.3) is 5.91 Å². The number of carbonyl (C=O) groups is 1. The Morgan fingerprint density at radius 2 is 1.96 bits per heavy atom. The zero-order valence-corrected chi connectivity index (χ0v) is 17.4. The number of piperazine rings is 1. The molecular weight excluding hydrogens is 406 g/mol. The third kappa shape index (κ3) is 4.94. The monoisotopic (exact) mass is 431 g/mol. The second-order valence-electron chi connectivity index (χ2n) is 6.99. The lowest BCUT2D eigenvalue weighted by Gasteiger charge is -2.35. The predicted molar refractivity (Wildman–Crippen MR) is 111 cm³/mol. The molecule has 1 aromatic carbocycles. The predicted octanol–water partition coefficient (Wildman–Crippen LogP) is 3.35. The van der Waals surface area contributed by atoms with Gasteiger partial charge in [0, 0.05) is 42.8 Å². The lowest BCUT2D eigenvalue weighted by molar-refractivity contribution is 0.0523. The molecule has 1 aliphatic rings. The largest absolute Gasteiger partial charge is 0.392 e. The number of nitrogens with zero attached hydrogens (tertiary/aromatic N) is 3. The van der Waals surface area contributed by atoms with Crippen LogP contribution in [0.5, 0.6) is 0 Å². The number of amides is 1.